The summed E-state index contributed by atoms with van der Waals surface area (Å²) < 4.78 is 5.94. The minimum Gasteiger partial charge on any atom is -0.496 e. The van der Waals surface area contributed by atoms with Gasteiger partial charge in [-0.05, 0) is 108 Å². The van der Waals surface area contributed by atoms with Crippen LogP contribution in [-0.4, -0.2) is 18.3 Å². The first-order chi connectivity index (χ1) is 17.5. The van der Waals surface area contributed by atoms with Gasteiger partial charge in [-0.3, -0.25) is 9.59 Å². The van der Waals surface area contributed by atoms with Gasteiger partial charge in [0.05, 0.1) is 17.7 Å². The van der Waals surface area contributed by atoms with Gasteiger partial charge in [0.2, 0.25) is 0 Å². The van der Waals surface area contributed by atoms with E-state index in [1.54, 1.807) is 7.11 Å². The van der Waals surface area contributed by atoms with E-state index in [-0.39, 0.29) is 21.5 Å². The summed E-state index contributed by atoms with van der Waals surface area (Å²) in [4.78, 5) is 26.8. The number of methoxy groups -OCH3 is 1. The number of thioether (sulfide) groups is 1. The van der Waals surface area contributed by atoms with Gasteiger partial charge in [-0.2, -0.15) is 0 Å². The Hall–Kier alpha value is -3.05. The van der Waals surface area contributed by atoms with Gasteiger partial charge in [0.15, 0.2) is 0 Å². The molecule has 3 aromatic rings. The van der Waals surface area contributed by atoms with Crippen LogP contribution < -0.4 is 9.64 Å². The van der Waals surface area contributed by atoms with Gasteiger partial charge in [0.1, 0.15) is 5.75 Å². The van der Waals surface area contributed by atoms with E-state index in [4.69, 9.17) is 4.74 Å². The second-order valence-electron chi connectivity index (χ2n) is 11.2. The number of carbonyl (C=O) groups is 2. The lowest BCUT2D eigenvalue weighted by Gasteiger charge is -2.57. The van der Waals surface area contributed by atoms with E-state index < -0.39 is 0 Å². The van der Waals surface area contributed by atoms with Crippen LogP contribution in [0.1, 0.15) is 44.1 Å². The summed E-state index contributed by atoms with van der Waals surface area (Å²) in [5, 5.41) is 1.62. The lowest BCUT2D eigenvalue weighted by Crippen LogP contribution is -2.48. The average Bonchev–Trinajstić information content (AvgIpc) is 3.12. The van der Waals surface area contributed by atoms with E-state index in [1.807, 2.05) is 24.3 Å². The van der Waals surface area contributed by atoms with E-state index in [1.165, 1.54) is 49.0 Å². The minimum atomic E-state index is -0.337. The normalized spacial score (nSPS) is 29.0. The predicted molar refractivity (Wildman–Crippen MR) is 145 cm³/mol. The van der Waals surface area contributed by atoms with E-state index in [0.717, 1.165) is 57.2 Å². The molecule has 182 valence electrons. The highest BCUT2D eigenvalue weighted by Gasteiger charge is 2.52. The Morgan fingerprint density at radius 1 is 0.917 bits per heavy atom. The Bertz CT molecular complexity index is 1420. The van der Waals surface area contributed by atoms with Crippen molar-refractivity contribution in [3.05, 3.63) is 71.6 Å². The van der Waals surface area contributed by atoms with Crippen molar-refractivity contribution in [2.75, 3.05) is 12.0 Å². The number of imide groups is 1. The van der Waals surface area contributed by atoms with E-state index in [0.29, 0.717) is 5.69 Å². The third-order valence-corrected chi connectivity index (χ3v) is 9.87. The van der Waals surface area contributed by atoms with E-state index in [2.05, 4.69) is 36.9 Å². The lowest BCUT2D eigenvalue weighted by molar-refractivity contribution is -0.113. The van der Waals surface area contributed by atoms with Crippen LogP contribution in [0.2, 0.25) is 0 Å². The molecule has 0 aromatic heterocycles. The van der Waals surface area contributed by atoms with Crippen molar-refractivity contribution in [3.63, 3.8) is 0 Å². The fraction of sp³-hybridized carbons (Fsp3) is 0.355. The van der Waals surface area contributed by atoms with Crippen molar-refractivity contribution < 1.29 is 14.3 Å². The van der Waals surface area contributed by atoms with Crippen molar-refractivity contribution >= 4 is 39.4 Å². The fourth-order valence-electron chi connectivity index (χ4n) is 8.08. The van der Waals surface area contributed by atoms with Gasteiger partial charge >= 0.3 is 0 Å². The Balaban J connectivity index is 1.37. The Morgan fingerprint density at radius 3 is 2.22 bits per heavy atom. The number of nitrogens with zero attached hydrogens (tertiary/aromatic N) is 1. The summed E-state index contributed by atoms with van der Waals surface area (Å²) in [5.74, 6) is 3.23. The van der Waals surface area contributed by atoms with Crippen LogP contribution >= 0.6 is 11.8 Å². The molecule has 4 bridgehead atoms. The molecule has 5 fully saturated rings. The molecule has 0 N–H and O–H groups in total. The summed E-state index contributed by atoms with van der Waals surface area (Å²) in [6, 6.07) is 18.7. The molecule has 2 amide bonds. The van der Waals surface area contributed by atoms with Gasteiger partial charge in [0.25, 0.3) is 11.1 Å². The van der Waals surface area contributed by atoms with Crippen LogP contribution in [0.15, 0.2) is 66.1 Å². The predicted octanol–water partition coefficient (Wildman–Crippen LogP) is 7.70. The standard InChI is InChI=1S/C31H29NO3S/c1-18-29(33)32(30(34)36-18)27-8-4-6-24-23(5-3-7-25(24)27)22-9-10-28(35-2)26(14-22)31-15-19-11-20(16-31)13-21(12-19)17-31/h3-10,14,19-21H,1,11-13,15-17H2,2H3. The molecule has 0 unspecified atom stereocenters. The van der Waals surface area contributed by atoms with Crippen LogP contribution in [0.4, 0.5) is 10.5 Å². The third-order valence-electron chi connectivity index (χ3n) is 9.09. The van der Waals surface area contributed by atoms with Gasteiger partial charge in [-0.1, -0.05) is 43.0 Å². The number of fused-ring (bicyclic) bond motifs is 1. The second kappa shape index (κ2) is 7.97. The molecule has 1 heterocycles. The number of hydrogen-bond acceptors (Lipinski definition) is 4. The highest BCUT2D eigenvalue weighted by Crippen LogP contribution is 2.62. The maximum absolute atomic E-state index is 12.7. The number of ether oxygens (including phenoxy) is 1. The van der Waals surface area contributed by atoms with Crippen LogP contribution in [0.25, 0.3) is 21.9 Å². The highest BCUT2D eigenvalue weighted by atomic mass is 32.2. The molecule has 0 atom stereocenters. The summed E-state index contributed by atoms with van der Waals surface area (Å²) in [6.07, 6.45) is 8.06. The molecule has 4 nitrogen and oxygen atoms in total. The fourth-order valence-corrected chi connectivity index (χ4v) is 8.74. The monoisotopic (exact) mass is 495 g/mol. The zero-order valence-electron chi connectivity index (χ0n) is 20.5. The molecule has 1 aliphatic heterocycles. The molecule has 5 heteroatoms. The molecule has 4 aliphatic carbocycles. The zero-order chi connectivity index (χ0) is 24.6. The first-order valence-corrected chi connectivity index (χ1v) is 13.7. The third kappa shape index (κ3) is 3.21. The van der Waals surface area contributed by atoms with Crippen LogP contribution in [0.3, 0.4) is 0 Å². The van der Waals surface area contributed by atoms with Crippen LogP contribution in [-0.2, 0) is 10.2 Å². The topological polar surface area (TPSA) is 46.6 Å². The van der Waals surface area contributed by atoms with Crippen molar-refractivity contribution in [1.29, 1.82) is 0 Å². The molecular formula is C31H29NO3S. The maximum atomic E-state index is 12.7. The molecule has 3 aromatic carbocycles. The van der Waals surface area contributed by atoms with Gasteiger partial charge < -0.3 is 4.74 Å². The molecule has 0 spiro atoms. The second-order valence-corrected chi connectivity index (χ2v) is 12.3. The lowest BCUT2D eigenvalue weighted by atomic mass is 9.48. The number of hydrogen-bond donors (Lipinski definition) is 0. The number of benzene rings is 3. The van der Waals surface area contributed by atoms with Crippen molar-refractivity contribution in [1.82, 2.24) is 0 Å². The van der Waals surface area contributed by atoms with Gasteiger partial charge in [-0.25, -0.2) is 4.90 Å². The van der Waals surface area contributed by atoms with Gasteiger partial charge in [-0.15, -0.1) is 0 Å². The molecule has 4 saturated carbocycles. The molecule has 5 aliphatic rings. The van der Waals surface area contributed by atoms with Crippen molar-refractivity contribution in [3.8, 4) is 16.9 Å². The van der Waals surface area contributed by atoms with E-state index >= 15 is 0 Å². The summed E-state index contributed by atoms with van der Waals surface area (Å²) >= 11 is 0.903. The minimum absolute atomic E-state index is 0.220. The Morgan fingerprint density at radius 2 is 1.58 bits per heavy atom. The number of anilines is 1. The van der Waals surface area contributed by atoms with Gasteiger partial charge in [0, 0.05) is 10.9 Å². The number of rotatable bonds is 4. The number of carbonyl (C=O) groups excluding carboxylic acids is 2. The van der Waals surface area contributed by atoms with Crippen molar-refractivity contribution in [2.24, 2.45) is 17.8 Å². The smallest absolute Gasteiger partial charge is 0.298 e. The van der Waals surface area contributed by atoms with Crippen LogP contribution in [0, 0.1) is 17.8 Å². The molecule has 0 radical (unpaired) electrons. The van der Waals surface area contributed by atoms with Crippen LogP contribution in [0.5, 0.6) is 5.75 Å². The molecular weight excluding hydrogens is 466 g/mol. The quantitative estimate of drug-likeness (QED) is 0.348. The zero-order valence-corrected chi connectivity index (χ0v) is 21.3. The highest BCUT2D eigenvalue weighted by molar-refractivity contribution is 8.18. The maximum Gasteiger partial charge on any atom is 0.298 e. The summed E-state index contributed by atoms with van der Waals surface area (Å²) in [6.45, 7) is 3.75. The first kappa shape index (κ1) is 22.2. The number of amides is 2. The first-order valence-electron chi connectivity index (χ1n) is 12.9. The molecule has 1 saturated heterocycles. The van der Waals surface area contributed by atoms with E-state index in [9.17, 15) is 9.59 Å². The van der Waals surface area contributed by atoms with Crippen molar-refractivity contribution in [2.45, 2.75) is 43.9 Å². The molecule has 8 rings (SSSR count). The SMILES string of the molecule is C=C1SC(=O)N(c2cccc3c(-c4ccc(OC)c(C56CC7CC(CC(C7)C5)C6)c4)cccc23)C1=O. The Kier molecular flexibility index (Phi) is 4.91. The summed E-state index contributed by atoms with van der Waals surface area (Å²) in [5.41, 5.74) is 4.46. The average molecular weight is 496 g/mol. The largest absolute Gasteiger partial charge is 0.496 e. The summed E-state index contributed by atoms with van der Waals surface area (Å²) in [7, 11) is 1.79. The Labute approximate surface area is 215 Å². The molecule has 36 heavy (non-hydrogen) atoms.